The second-order valence-electron chi connectivity index (χ2n) is 9.29. The largest absolute Gasteiger partial charge is 0.448 e. The molecule has 0 N–H and O–H groups in total. The van der Waals surface area contributed by atoms with E-state index in [9.17, 15) is 4.79 Å². The zero-order valence-electron chi connectivity index (χ0n) is 17.8. The summed E-state index contributed by atoms with van der Waals surface area (Å²) in [5.74, 6) is 0.118. The summed E-state index contributed by atoms with van der Waals surface area (Å²) in [6.07, 6.45) is 11.6. The number of benzene rings is 2. The molecule has 0 radical (unpaired) electrons. The fourth-order valence-electron chi connectivity index (χ4n) is 6.03. The lowest BCUT2D eigenvalue weighted by Crippen LogP contribution is -2.37. The molecule has 1 spiro atoms. The molecule has 1 heterocycles. The number of allylic oxidation sites excluding steroid dienone is 1. The first-order chi connectivity index (χ1) is 14.7. The Morgan fingerprint density at radius 1 is 1.03 bits per heavy atom. The smallest absolute Gasteiger partial charge is 0.410 e. The van der Waals surface area contributed by atoms with Gasteiger partial charge in [0.15, 0.2) is 0 Å². The normalized spacial score (nSPS) is 22.4. The van der Waals surface area contributed by atoms with Gasteiger partial charge < -0.3 is 9.64 Å². The van der Waals surface area contributed by atoms with Crippen LogP contribution in [0.3, 0.4) is 0 Å². The zero-order chi connectivity index (χ0) is 20.6. The first-order valence-corrected chi connectivity index (χ1v) is 11.5. The second-order valence-corrected chi connectivity index (χ2v) is 9.29. The van der Waals surface area contributed by atoms with Crippen molar-refractivity contribution < 1.29 is 9.53 Å². The predicted molar refractivity (Wildman–Crippen MR) is 121 cm³/mol. The van der Waals surface area contributed by atoms with E-state index >= 15 is 0 Å². The van der Waals surface area contributed by atoms with Crippen molar-refractivity contribution in [2.75, 3.05) is 13.2 Å². The number of carbonyl (C=O) groups excluding carboxylic acids is 1. The highest BCUT2D eigenvalue weighted by Crippen LogP contribution is 2.47. The van der Waals surface area contributed by atoms with Crippen LogP contribution in [0.15, 0.2) is 60.7 Å². The van der Waals surface area contributed by atoms with E-state index in [0.717, 1.165) is 13.0 Å². The highest BCUT2D eigenvalue weighted by atomic mass is 16.6. The summed E-state index contributed by atoms with van der Waals surface area (Å²) in [5, 5.41) is 0. The summed E-state index contributed by atoms with van der Waals surface area (Å²) in [4.78, 5) is 15.2. The Morgan fingerprint density at radius 3 is 2.30 bits per heavy atom. The molecule has 1 atom stereocenters. The Kier molecular flexibility index (Phi) is 5.14. The minimum absolute atomic E-state index is 0.118. The van der Waals surface area contributed by atoms with E-state index in [1.54, 1.807) is 0 Å². The highest BCUT2D eigenvalue weighted by Gasteiger charge is 2.46. The molecule has 2 aliphatic carbocycles. The van der Waals surface area contributed by atoms with Gasteiger partial charge in [-0.1, -0.05) is 79.9 Å². The molecule has 3 aliphatic rings. The van der Waals surface area contributed by atoms with E-state index in [1.807, 2.05) is 11.8 Å². The molecule has 1 saturated carbocycles. The van der Waals surface area contributed by atoms with Crippen LogP contribution in [0.25, 0.3) is 11.1 Å². The first-order valence-electron chi connectivity index (χ1n) is 11.5. The van der Waals surface area contributed by atoms with E-state index in [0.29, 0.717) is 12.0 Å². The van der Waals surface area contributed by atoms with Crippen molar-refractivity contribution in [2.24, 2.45) is 5.41 Å². The zero-order valence-corrected chi connectivity index (χ0v) is 17.8. The fraction of sp³-hybridized carbons (Fsp3) is 0.444. The van der Waals surface area contributed by atoms with Crippen molar-refractivity contribution in [1.82, 2.24) is 4.90 Å². The van der Waals surface area contributed by atoms with Gasteiger partial charge in [-0.15, -0.1) is 0 Å². The Morgan fingerprint density at radius 2 is 1.67 bits per heavy atom. The molecule has 1 saturated heterocycles. The van der Waals surface area contributed by atoms with Gasteiger partial charge in [0.2, 0.25) is 0 Å². The van der Waals surface area contributed by atoms with E-state index in [2.05, 4.69) is 60.7 Å². The van der Waals surface area contributed by atoms with E-state index < -0.39 is 0 Å². The Hall–Kier alpha value is -2.55. The Labute approximate surface area is 179 Å². The van der Waals surface area contributed by atoms with Gasteiger partial charge in [-0.25, -0.2) is 4.79 Å². The van der Waals surface area contributed by atoms with Crippen LogP contribution in [0, 0.1) is 5.41 Å². The number of ether oxygens (including phenoxy) is 1. The lowest BCUT2D eigenvalue weighted by Gasteiger charge is -2.32. The van der Waals surface area contributed by atoms with Crippen LogP contribution in [-0.4, -0.2) is 30.2 Å². The third kappa shape index (κ3) is 3.34. The molecule has 1 aliphatic heterocycles. The number of carbonyl (C=O) groups is 1. The maximum Gasteiger partial charge on any atom is 0.410 e. The average Bonchev–Trinajstić information content (AvgIpc) is 3.29. The maximum atomic E-state index is 13.2. The molecule has 2 aromatic rings. The number of fused-ring (bicyclic) bond motifs is 3. The van der Waals surface area contributed by atoms with Crippen LogP contribution < -0.4 is 0 Å². The summed E-state index contributed by atoms with van der Waals surface area (Å²) >= 11 is 0. The molecule has 0 unspecified atom stereocenters. The SMILES string of the molecule is C/C=C/[C@@H]1CC2(CCCCC2)CN1C(=O)OCC1c2ccccc2-c2ccccc21. The third-order valence-electron chi connectivity index (χ3n) is 7.45. The molecule has 2 aromatic carbocycles. The molecule has 156 valence electrons. The van der Waals surface area contributed by atoms with Crippen LogP contribution in [0.2, 0.25) is 0 Å². The van der Waals surface area contributed by atoms with Crippen LogP contribution in [-0.2, 0) is 4.74 Å². The molecule has 30 heavy (non-hydrogen) atoms. The standard InChI is InChI=1S/C27H31NO2/c1-2-10-20-17-27(15-8-3-9-16-27)19-28(20)26(29)30-18-25-23-13-6-4-11-21(23)22-12-5-7-14-24(22)25/h2,4-7,10-14,20,25H,3,8-9,15-19H2,1H3/b10-2+/t20-/m1/s1. The van der Waals surface area contributed by atoms with Crippen molar-refractivity contribution in [3.8, 4) is 11.1 Å². The number of rotatable bonds is 3. The highest BCUT2D eigenvalue weighted by molar-refractivity contribution is 5.79. The van der Waals surface area contributed by atoms with Crippen LogP contribution in [0.5, 0.6) is 0 Å². The van der Waals surface area contributed by atoms with Crippen LogP contribution in [0.1, 0.15) is 62.5 Å². The quantitative estimate of drug-likeness (QED) is 0.547. The number of nitrogens with zero attached hydrogens (tertiary/aromatic N) is 1. The minimum atomic E-state index is -0.151. The van der Waals surface area contributed by atoms with Gasteiger partial charge in [0.25, 0.3) is 0 Å². The van der Waals surface area contributed by atoms with E-state index in [1.165, 1.54) is 54.4 Å². The van der Waals surface area contributed by atoms with Gasteiger partial charge in [0.05, 0.1) is 6.04 Å². The number of amides is 1. The van der Waals surface area contributed by atoms with Crippen molar-refractivity contribution in [1.29, 1.82) is 0 Å². The summed E-state index contributed by atoms with van der Waals surface area (Å²) < 4.78 is 5.99. The Balaban J connectivity index is 1.33. The Bertz CT molecular complexity index is 911. The van der Waals surface area contributed by atoms with Crippen molar-refractivity contribution in [2.45, 2.75) is 57.4 Å². The summed E-state index contributed by atoms with van der Waals surface area (Å²) in [7, 11) is 0. The maximum absolute atomic E-state index is 13.2. The first kappa shape index (κ1) is 19.4. The molecule has 1 amide bonds. The molecule has 2 fully saturated rings. The molecule has 3 nitrogen and oxygen atoms in total. The summed E-state index contributed by atoms with van der Waals surface area (Å²) in [6.45, 7) is 3.29. The number of likely N-dealkylation sites (tertiary alicyclic amines) is 1. The van der Waals surface area contributed by atoms with Crippen molar-refractivity contribution >= 4 is 6.09 Å². The topological polar surface area (TPSA) is 29.5 Å². The van der Waals surface area contributed by atoms with Crippen molar-refractivity contribution in [3.63, 3.8) is 0 Å². The lowest BCUT2D eigenvalue weighted by atomic mass is 9.73. The van der Waals surface area contributed by atoms with Crippen LogP contribution in [0.4, 0.5) is 4.79 Å². The van der Waals surface area contributed by atoms with Gasteiger partial charge in [0.1, 0.15) is 6.61 Å². The monoisotopic (exact) mass is 401 g/mol. The fourth-order valence-corrected chi connectivity index (χ4v) is 6.03. The van der Waals surface area contributed by atoms with Gasteiger partial charge in [-0.3, -0.25) is 0 Å². The average molecular weight is 402 g/mol. The van der Waals surface area contributed by atoms with E-state index in [4.69, 9.17) is 4.74 Å². The van der Waals surface area contributed by atoms with Crippen molar-refractivity contribution in [3.05, 3.63) is 71.8 Å². The van der Waals surface area contributed by atoms with Crippen LogP contribution >= 0.6 is 0 Å². The lowest BCUT2D eigenvalue weighted by molar-refractivity contribution is 0.0943. The van der Waals surface area contributed by atoms with E-state index in [-0.39, 0.29) is 18.1 Å². The number of hydrogen-bond acceptors (Lipinski definition) is 2. The molecule has 5 rings (SSSR count). The molecule has 0 bridgehead atoms. The van der Waals surface area contributed by atoms with Gasteiger partial charge in [-0.05, 0) is 53.9 Å². The second kappa shape index (κ2) is 7.94. The molecule has 3 heteroatoms. The molecular formula is C27H31NO2. The molecule has 0 aromatic heterocycles. The third-order valence-corrected chi connectivity index (χ3v) is 7.45. The van der Waals surface area contributed by atoms with Gasteiger partial charge >= 0.3 is 6.09 Å². The minimum Gasteiger partial charge on any atom is -0.448 e. The van der Waals surface area contributed by atoms with Gasteiger partial charge in [-0.2, -0.15) is 0 Å². The van der Waals surface area contributed by atoms with Gasteiger partial charge in [0, 0.05) is 12.5 Å². The molecular weight excluding hydrogens is 370 g/mol. The summed E-state index contributed by atoms with van der Waals surface area (Å²) in [5.41, 5.74) is 5.36. The number of hydrogen-bond donors (Lipinski definition) is 0. The summed E-state index contributed by atoms with van der Waals surface area (Å²) in [6, 6.07) is 17.2. The predicted octanol–water partition coefficient (Wildman–Crippen LogP) is 6.54.